The first-order valence-electron chi connectivity index (χ1n) is 6.14. The van der Waals surface area contributed by atoms with Gasteiger partial charge in [-0.1, -0.05) is 25.4 Å². The van der Waals surface area contributed by atoms with E-state index in [1.54, 1.807) is 18.2 Å². The molecule has 0 unspecified atom stereocenters. The molecule has 4 nitrogen and oxygen atoms in total. The molecule has 6 heteroatoms. The number of carbonyl (C=O) groups excluding carboxylic acids is 1. The van der Waals surface area contributed by atoms with Crippen molar-refractivity contribution in [3.63, 3.8) is 0 Å². The second-order valence-corrected chi connectivity index (χ2v) is 4.43. The Morgan fingerprint density at radius 1 is 1.37 bits per heavy atom. The summed E-state index contributed by atoms with van der Waals surface area (Å²) in [6, 6.07) is 4.90. The molecule has 1 aromatic carbocycles. The van der Waals surface area contributed by atoms with E-state index in [1.165, 1.54) is 0 Å². The number of nitrogens with one attached hydrogen (secondary N) is 1. The zero-order valence-corrected chi connectivity index (χ0v) is 12.9. The summed E-state index contributed by atoms with van der Waals surface area (Å²) in [6.45, 7) is 7.61. The van der Waals surface area contributed by atoms with Crippen molar-refractivity contribution in [1.29, 1.82) is 0 Å². The fraction of sp³-hybridized carbons (Fsp3) is 0.462. The van der Waals surface area contributed by atoms with Crippen molar-refractivity contribution in [1.82, 2.24) is 10.2 Å². The van der Waals surface area contributed by atoms with Crippen LogP contribution < -0.4 is 11.1 Å². The number of anilines is 1. The topological polar surface area (TPSA) is 58.4 Å². The second kappa shape index (κ2) is 9.02. The van der Waals surface area contributed by atoms with Crippen molar-refractivity contribution < 1.29 is 4.79 Å². The van der Waals surface area contributed by atoms with E-state index in [1.807, 2.05) is 0 Å². The summed E-state index contributed by atoms with van der Waals surface area (Å²) in [5.41, 5.74) is 6.60. The van der Waals surface area contributed by atoms with Crippen LogP contribution in [0.15, 0.2) is 18.2 Å². The average Bonchev–Trinajstić information content (AvgIpc) is 2.34. The molecule has 0 radical (unpaired) electrons. The number of nitrogens with zero attached hydrogens (tertiary/aromatic N) is 1. The van der Waals surface area contributed by atoms with Gasteiger partial charge in [0.25, 0.3) is 5.91 Å². The first kappa shape index (κ1) is 18.0. The van der Waals surface area contributed by atoms with E-state index in [2.05, 4.69) is 24.1 Å². The van der Waals surface area contributed by atoms with Crippen LogP contribution in [0.1, 0.15) is 24.2 Å². The lowest BCUT2D eigenvalue weighted by Crippen LogP contribution is -2.34. The highest BCUT2D eigenvalue weighted by Gasteiger charge is 2.10. The lowest BCUT2D eigenvalue weighted by Gasteiger charge is -2.18. The summed E-state index contributed by atoms with van der Waals surface area (Å²) in [6.07, 6.45) is 0. The van der Waals surface area contributed by atoms with Crippen LogP contribution >= 0.6 is 24.0 Å². The number of likely N-dealkylation sites (N-methyl/N-ethyl adjacent to an activating group) is 1. The summed E-state index contributed by atoms with van der Waals surface area (Å²) in [5, 5.41) is 3.24. The largest absolute Gasteiger partial charge is 0.399 e. The normalized spacial score (nSPS) is 10.1. The maximum absolute atomic E-state index is 11.9. The maximum atomic E-state index is 11.9. The fourth-order valence-electron chi connectivity index (χ4n) is 1.68. The maximum Gasteiger partial charge on any atom is 0.252 e. The average molecular weight is 306 g/mol. The number of benzene rings is 1. The molecule has 0 heterocycles. The Bertz CT molecular complexity index is 409. The molecule has 0 spiro atoms. The van der Waals surface area contributed by atoms with Gasteiger partial charge in [0.1, 0.15) is 0 Å². The van der Waals surface area contributed by atoms with Gasteiger partial charge in [0.2, 0.25) is 0 Å². The molecule has 0 aromatic heterocycles. The highest BCUT2D eigenvalue weighted by atomic mass is 35.5. The van der Waals surface area contributed by atoms with Crippen molar-refractivity contribution in [2.24, 2.45) is 0 Å². The second-order valence-electron chi connectivity index (χ2n) is 4.02. The van der Waals surface area contributed by atoms with E-state index in [4.69, 9.17) is 17.3 Å². The third-order valence-corrected chi connectivity index (χ3v) is 3.16. The van der Waals surface area contributed by atoms with Gasteiger partial charge in [-0.05, 0) is 31.3 Å². The van der Waals surface area contributed by atoms with Crippen molar-refractivity contribution in [2.75, 3.05) is 31.9 Å². The predicted molar refractivity (Wildman–Crippen MR) is 83.2 cm³/mol. The molecular weight excluding hydrogens is 285 g/mol. The van der Waals surface area contributed by atoms with Crippen LogP contribution in [0.2, 0.25) is 5.02 Å². The van der Waals surface area contributed by atoms with E-state index in [0.29, 0.717) is 22.8 Å². The molecule has 108 valence electrons. The fourth-order valence-corrected chi connectivity index (χ4v) is 1.95. The molecular formula is C13H21Cl2N3O. The Morgan fingerprint density at radius 2 is 2.00 bits per heavy atom. The van der Waals surface area contributed by atoms with Crippen molar-refractivity contribution in [3.05, 3.63) is 28.8 Å². The van der Waals surface area contributed by atoms with Gasteiger partial charge in [-0.3, -0.25) is 4.79 Å². The van der Waals surface area contributed by atoms with Crippen LogP contribution in [0.25, 0.3) is 0 Å². The SMILES string of the molecule is CCN(CC)CCNC(=O)c1ccc(N)cc1Cl.Cl. The molecule has 0 aliphatic carbocycles. The molecule has 0 aliphatic rings. The quantitative estimate of drug-likeness (QED) is 0.794. The van der Waals surface area contributed by atoms with Crippen LogP contribution in [0.4, 0.5) is 5.69 Å². The molecule has 3 N–H and O–H groups in total. The van der Waals surface area contributed by atoms with Crippen LogP contribution in [0.5, 0.6) is 0 Å². The standard InChI is InChI=1S/C13H20ClN3O.ClH/c1-3-17(4-2)8-7-16-13(18)11-6-5-10(15)9-12(11)14;/h5-6,9H,3-4,7-8,15H2,1-2H3,(H,16,18);1H. The first-order valence-corrected chi connectivity index (χ1v) is 6.51. The molecule has 1 aromatic rings. The number of carbonyl (C=O) groups is 1. The van der Waals surface area contributed by atoms with Crippen LogP contribution in [-0.2, 0) is 0 Å². The van der Waals surface area contributed by atoms with Gasteiger partial charge in [-0.2, -0.15) is 0 Å². The number of hydrogen-bond acceptors (Lipinski definition) is 3. The highest BCUT2D eigenvalue weighted by Crippen LogP contribution is 2.18. The Morgan fingerprint density at radius 3 is 2.53 bits per heavy atom. The minimum absolute atomic E-state index is 0. The summed E-state index contributed by atoms with van der Waals surface area (Å²) < 4.78 is 0. The van der Waals surface area contributed by atoms with Gasteiger partial charge >= 0.3 is 0 Å². The summed E-state index contributed by atoms with van der Waals surface area (Å²) in [7, 11) is 0. The third kappa shape index (κ3) is 5.68. The van der Waals surface area contributed by atoms with E-state index < -0.39 is 0 Å². The summed E-state index contributed by atoms with van der Waals surface area (Å²) in [5.74, 6) is -0.160. The number of halogens is 2. The molecule has 0 atom stereocenters. The van der Waals surface area contributed by atoms with Crippen LogP contribution in [0, 0.1) is 0 Å². The molecule has 1 amide bonds. The number of nitrogens with two attached hydrogens (primary N) is 1. The monoisotopic (exact) mass is 305 g/mol. The predicted octanol–water partition coefficient (Wildman–Crippen LogP) is 2.42. The van der Waals surface area contributed by atoms with Gasteiger partial charge in [0.15, 0.2) is 0 Å². The van der Waals surface area contributed by atoms with Crippen molar-refractivity contribution in [3.8, 4) is 0 Å². The molecule has 0 fully saturated rings. The lowest BCUT2D eigenvalue weighted by atomic mass is 10.2. The first-order chi connectivity index (χ1) is 8.58. The molecule has 0 bridgehead atoms. The lowest BCUT2D eigenvalue weighted by molar-refractivity contribution is 0.0949. The molecule has 19 heavy (non-hydrogen) atoms. The van der Waals surface area contributed by atoms with Gasteiger partial charge in [-0.25, -0.2) is 0 Å². The molecule has 0 aliphatic heterocycles. The van der Waals surface area contributed by atoms with E-state index in [-0.39, 0.29) is 18.3 Å². The zero-order chi connectivity index (χ0) is 13.5. The Balaban J connectivity index is 0.00000324. The van der Waals surface area contributed by atoms with Crippen LogP contribution in [-0.4, -0.2) is 37.0 Å². The summed E-state index contributed by atoms with van der Waals surface area (Å²) in [4.78, 5) is 14.1. The Hall–Kier alpha value is -0.970. The van der Waals surface area contributed by atoms with Gasteiger partial charge in [-0.15, -0.1) is 12.4 Å². The van der Waals surface area contributed by atoms with Gasteiger partial charge < -0.3 is 16.0 Å². The number of rotatable bonds is 6. The van der Waals surface area contributed by atoms with Crippen molar-refractivity contribution in [2.45, 2.75) is 13.8 Å². The number of hydrogen-bond donors (Lipinski definition) is 2. The molecule has 0 saturated heterocycles. The number of amides is 1. The molecule has 1 rings (SSSR count). The minimum atomic E-state index is -0.160. The van der Waals surface area contributed by atoms with E-state index in [0.717, 1.165) is 19.6 Å². The number of nitrogen functional groups attached to an aromatic ring is 1. The summed E-state index contributed by atoms with van der Waals surface area (Å²) >= 11 is 5.97. The Labute approximate surface area is 125 Å². The Kier molecular flexibility index (Phi) is 8.56. The van der Waals surface area contributed by atoms with Crippen LogP contribution in [0.3, 0.4) is 0 Å². The van der Waals surface area contributed by atoms with E-state index in [9.17, 15) is 4.79 Å². The smallest absolute Gasteiger partial charge is 0.252 e. The van der Waals surface area contributed by atoms with E-state index >= 15 is 0 Å². The minimum Gasteiger partial charge on any atom is -0.399 e. The third-order valence-electron chi connectivity index (χ3n) is 2.85. The van der Waals surface area contributed by atoms with Gasteiger partial charge in [0, 0.05) is 18.8 Å². The molecule has 0 saturated carbocycles. The zero-order valence-electron chi connectivity index (χ0n) is 11.3. The highest BCUT2D eigenvalue weighted by molar-refractivity contribution is 6.34. The van der Waals surface area contributed by atoms with Crippen molar-refractivity contribution >= 4 is 35.6 Å². The van der Waals surface area contributed by atoms with Gasteiger partial charge in [0.05, 0.1) is 10.6 Å².